The fourth-order valence-corrected chi connectivity index (χ4v) is 3.73. The summed E-state index contributed by atoms with van der Waals surface area (Å²) in [5, 5.41) is 3.23. The van der Waals surface area contributed by atoms with Crippen LogP contribution in [0.15, 0.2) is 30.3 Å². The van der Waals surface area contributed by atoms with E-state index in [4.69, 9.17) is 4.98 Å². The summed E-state index contributed by atoms with van der Waals surface area (Å²) in [6.45, 7) is 6.02. The number of nitrogens with one attached hydrogen (secondary N) is 1. The minimum absolute atomic E-state index is 0.481. The van der Waals surface area contributed by atoms with Crippen LogP contribution in [0.1, 0.15) is 42.1 Å². The van der Waals surface area contributed by atoms with Crippen LogP contribution in [0.25, 0.3) is 0 Å². The van der Waals surface area contributed by atoms with Crippen LogP contribution < -0.4 is 10.2 Å². The second-order valence-corrected chi connectivity index (χ2v) is 5.95. The molecular weight excluding hydrogens is 260 g/mol. The molecule has 21 heavy (non-hydrogen) atoms. The van der Waals surface area contributed by atoms with Crippen molar-refractivity contribution in [3.05, 3.63) is 47.2 Å². The van der Waals surface area contributed by atoms with E-state index in [2.05, 4.69) is 52.5 Å². The molecule has 2 heterocycles. The number of aromatic nitrogens is 2. The molecule has 1 saturated heterocycles. The lowest BCUT2D eigenvalue weighted by Gasteiger charge is -2.30. The molecule has 0 unspecified atom stereocenters. The third-order valence-corrected chi connectivity index (χ3v) is 4.57. The molecule has 0 saturated carbocycles. The van der Waals surface area contributed by atoms with Crippen LogP contribution in [-0.2, 0) is 0 Å². The molecule has 4 heteroatoms. The monoisotopic (exact) mass is 280 g/mol. The summed E-state index contributed by atoms with van der Waals surface area (Å²) in [4.78, 5) is 11.6. The molecule has 0 spiro atoms. The predicted octanol–water partition coefficient (Wildman–Crippen LogP) is 3.27. The minimum atomic E-state index is 0.481. The summed E-state index contributed by atoms with van der Waals surface area (Å²) in [6.07, 6.45) is 1.22. The predicted molar refractivity (Wildman–Crippen MR) is 84.8 cm³/mol. The minimum Gasteiger partial charge on any atom is -0.354 e. The van der Waals surface area contributed by atoms with Gasteiger partial charge in [-0.05, 0) is 31.4 Å². The summed E-state index contributed by atoms with van der Waals surface area (Å²) >= 11 is 0. The van der Waals surface area contributed by atoms with Gasteiger partial charge in [-0.25, -0.2) is 4.98 Å². The molecule has 2 aliphatic rings. The number of rotatable bonds is 3. The van der Waals surface area contributed by atoms with Gasteiger partial charge in [0.2, 0.25) is 5.95 Å². The number of benzene rings is 1. The van der Waals surface area contributed by atoms with E-state index in [1.807, 2.05) is 6.92 Å². The smallest absolute Gasteiger partial charge is 0.224 e. The zero-order valence-corrected chi connectivity index (χ0v) is 12.5. The highest BCUT2D eigenvalue weighted by Gasteiger charge is 2.42. The van der Waals surface area contributed by atoms with Crippen molar-refractivity contribution in [3.8, 4) is 0 Å². The second-order valence-electron chi connectivity index (χ2n) is 5.95. The van der Waals surface area contributed by atoms with Crippen LogP contribution in [0.4, 0.5) is 11.8 Å². The highest BCUT2D eigenvalue weighted by molar-refractivity contribution is 5.55. The molecule has 4 rings (SSSR count). The molecule has 2 aromatic rings. The van der Waals surface area contributed by atoms with Crippen molar-refractivity contribution in [3.63, 3.8) is 0 Å². The second kappa shape index (κ2) is 4.72. The van der Waals surface area contributed by atoms with Crippen molar-refractivity contribution in [2.75, 3.05) is 23.3 Å². The first-order valence-corrected chi connectivity index (χ1v) is 7.71. The van der Waals surface area contributed by atoms with Crippen LogP contribution >= 0.6 is 0 Å². The summed E-state index contributed by atoms with van der Waals surface area (Å²) in [7, 11) is 0. The molecule has 1 fully saturated rings. The molecule has 4 nitrogen and oxygen atoms in total. The van der Waals surface area contributed by atoms with Crippen LogP contribution in [0.2, 0.25) is 0 Å². The van der Waals surface area contributed by atoms with E-state index in [1.165, 1.54) is 17.5 Å². The van der Waals surface area contributed by atoms with E-state index < -0.39 is 0 Å². The Hall–Kier alpha value is -2.10. The first-order chi connectivity index (χ1) is 10.3. The number of hydrogen-bond acceptors (Lipinski definition) is 4. The van der Waals surface area contributed by atoms with Gasteiger partial charge in [-0.1, -0.05) is 24.3 Å². The van der Waals surface area contributed by atoms with Crippen molar-refractivity contribution in [1.29, 1.82) is 0 Å². The van der Waals surface area contributed by atoms with Gasteiger partial charge in [-0.3, -0.25) is 0 Å². The molecule has 108 valence electrons. The fourth-order valence-electron chi connectivity index (χ4n) is 3.73. The molecule has 1 aromatic carbocycles. The number of anilines is 2. The van der Waals surface area contributed by atoms with Gasteiger partial charge in [0.25, 0.3) is 0 Å². The van der Waals surface area contributed by atoms with E-state index in [-0.39, 0.29) is 0 Å². The maximum absolute atomic E-state index is 4.70. The number of fused-ring (bicyclic) bond motifs is 5. The maximum atomic E-state index is 4.70. The van der Waals surface area contributed by atoms with Crippen molar-refractivity contribution < 1.29 is 0 Å². The number of nitrogens with zero attached hydrogens (tertiary/aromatic N) is 3. The van der Waals surface area contributed by atoms with Gasteiger partial charge in [-0.2, -0.15) is 4.98 Å². The summed E-state index contributed by atoms with van der Waals surface area (Å²) in [6, 6.07) is 11.4. The summed E-state index contributed by atoms with van der Waals surface area (Å²) in [5.41, 5.74) is 4.04. The molecule has 0 amide bonds. The lowest BCUT2D eigenvalue weighted by molar-refractivity contribution is 0.728. The largest absolute Gasteiger partial charge is 0.354 e. The normalized spacial score (nSPS) is 22.5. The molecule has 0 radical (unpaired) electrons. The Morgan fingerprint density at radius 2 is 2.05 bits per heavy atom. The van der Waals surface area contributed by atoms with E-state index >= 15 is 0 Å². The summed E-state index contributed by atoms with van der Waals surface area (Å²) < 4.78 is 0. The van der Waals surface area contributed by atoms with E-state index in [0.717, 1.165) is 30.5 Å². The van der Waals surface area contributed by atoms with E-state index in [0.29, 0.717) is 12.0 Å². The van der Waals surface area contributed by atoms with Crippen LogP contribution in [0.3, 0.4) is 0 Å². The quantitative estimate of drug-likeness (QED) is 0.937. The SMILES string of the molecule is CCNc1nc(C)cc(N2C[C@H]3C[C@H]2c2ccccc23)n1. The van der Waals surface area contributed by atoms with Crippen molar-refractivity contribution in [2.24, 2.45) is 0 Å². The zero-order valence-electron chi connectivity index (χ0n) is 12.5. The number of hydrogen-bond donors (Lipinski definition) is 1. The topological polar surface area (TPSA) is 41.1 Å². The first kappa shape index (κ1) is 12.6. The van der Waals surface area contributed by atoms with Crippen LogP contribution in [0.5, 0.6) is 0 Å². The lowest BCUT2D eigenvalue weighted by Crippen LogP contribution is -2.28. The molecule has 2 atom stereocenters. The van der Waals surface area contributed by atoms with E-state index in [1.54, 1.807) is 0 Å². The Bertz CT molecular complexity index is 682. The van der Waals surface area contributed by atoms with Gasteiger partial charge in [0.05, 0.1) is 6.04 Å². The molecule has 1 aromatic heterocycles. The lowest BCUT2D eigenvalue weighted by atomic mass is 9.99. The zero-order chi connectivity index (χ0) is 14.4. The molecular formula is C17H20N4. The molecule has 1 aliphatic carbocycles. The third-order valence-electron chi connectivity index (χ3n) is 4.57. The van der Waals surface area contributed by atoms with Gasteiger partial charge < -0.3 is 10.2 Å². The van der Waals surface area contributed by atoms with Gasteiger partial charge >= 0.3 is 0 Å². The number of aryl methyl sites for hydroxylation is 1. The Kier molecular flexibility index (Phi) is 2.84. The summed E-state index contributed by atoms with van der Waals surface area (Å²) in [5.74, 6) is 2.45. The Morgan fingerprint density at radius 1 is 1.24 bits per heavy atom. The third kappa shape index (κ3) is 1.97. The average Bonchev–Trinajstić information content (AvgIpc) is 3.06. The fraction of sp³-hybridized carbons (Fsp3) is 0.412. The Balaban J connectivity index is 1.71. The highest BCUT2D eigenvalue weighted by atomic mass is 15.3. The van der Waals surface area contributed by atoms with Gasteiger partial charge in [0.1, 0.15) is 5.82 Å². The van der Waals surface area contributed by atoms with Crippen molar-refractivity contribution in [1.82, 2.24) is 9.97 Å². The first-order valence-electron chi connectivity index (χ1n) is 7.71. The highest BCUT2D eigenvalue weighted by Crippen LogP contribution is 2.51. The standard InChI is InChI=1S/C17H20N4/c1-3-18-17-19-11(2)8-16(20-17)21-10-12-9-15(21)14-7-5-4-6-13(12)14/h4-8,12,15H,3,9-10H2,1-2H3,(H,18,19,20)/t12-,15+/m1/s1. The molecule has 1 N–H and O–H groups in total. The van der Waals surface area contributed by atoms with E-state index in [9.17, 15) is 0 Å². The van der Waals surface area contributed by atoms with Crippen molar-refractivity contribution in [2.45, 2.75) is 32.2 Å². The van der Waals surface area contributed by atoms with Gasteiger partial charge in [0, 0.05) is 30.8 Å². The van der Waals surface area contributed by atoms with Crippen LogP contribution in [0, 0.1) is 6.92 Å². The molecule has 2 bridgehead atoms. The maximum Gasteiger partial charge on any atom is 0.224 e. The average molecular weight is 280 g/mol. The van der Waals surface area contributed by atoms with Gasteiger partial charge in [0.15, 0.2) is 0 Å². The van der Waals surface area contributed by atoms with Gasteiger partial charge in [-0.15, -0.1) is 0 Å². The Morgan fingerprint density at radius 3 is 2.86 bits per heavy atom. The van der Waals surface area contributed by atoms with Crippen LogP contribution in [-0.4, -0.2) is 23.1 Å². The Labute approximate surface area is 125 Å². The van der Waals surface area contributed by atoms with Crippen molar-refractivity contribution >= 4 is 11.8 Å². The molecule has 1 aliphatic heterocycles.